The van der Waals surface area contributed by atoms with E-state index >= 15 is 0 Å². The lowest BCUT2D eigenvalue weighted by Gasteiger charge is -2.13. The summed E-state index contributed by atoms with van der Waals surface area (Å²) in [7, 11) is 1.42. The van der Waals surface area contributed by atoms with E-state index in [1.807, 2.05) is 30.3 Å². The molecule has 1 amide bonds. The van der Waals surface area contributed by atoms with E-state index in [9.17, 15) is 4.79 Å². The zero-order valence-corrected chi connectivity index (χ0v) is 21.6. The number of nitrogens with zero attached hydrogens (tertiary/aromatic N) is 1. The number of aromatic nitrogens is 1. The van der Waals surface area contributed by atoms with Crippen LogP contribution >= 0.6 is 35.4 Å². The van der Waals surface area contributed by atoms with E-state index in [1.54, 1.807) is 0 Å². The molecule has 0 fully saturated rings. The first-order valence-electron chi connectivity index (χ1n) is 10.9. The van der Waals surface area contributed by atoms with E-state index < -0.39 is 5.91 Å². The first-order chi connectivity index (χ1) is 16.8. The van der Waals surface area contributed by atoms with E-state index in [4.69, 9.17) is 44.6 Å². The van der Waals surface area contributed by atoms with Crippen LogP contribution < -0.4 is 15.4 Å². The average molecular weight is 528 g/mol. The number of oxazole rings is 1. The molecule has 9 heteroatoms. The van der Waals surface area contributed by atoms with Gasteiger partial charge in [0, 0.05) is 16.3 Å². The molecular formula is C26H23Cl2N3O3S. The maximum atomic E-state index is 12.7. The third-order valence-electron chi connectivity index (χ3n) is 5.67. The number of hydrogen-bond donors (Lipinski definition) is 2. The van der Waals surface area contributed by atoms with Crippen LogP contribution in [0.25, 0.3) is 22.6 Å². The number of amides is 1. The maximum absolute atomic E-state index is 12.7. The summed E-state index contributed by atoms with van der Waals surface area (Å²) < 4.78 is 11.2. The van der Waals surface area contributed by atoms with Gasteiger partial charge >= 0.3 is 0 Å². The van der Waals surface area contributed by atoms with Crippen molar-refractivity contribution < 1.29 is 13.9 Å². The van der Waals surface area contributed by atoms with Gasteiger partial charge in [-0.25, -0.2) is 4.98 Å². The number of hydrogen-bond acceptors (Lipinski definition) is 5. The highest BCUT2D eigenvalue weighted by Crippen LogP contribution is 2.32. The molecule has 1 atom stereocenters. The van der Waals surface area contributed by atoms with Gasteiger partial charge in [0.2, 0.25) is 5.89 Å². The Morgan fingerprint density at radius 2 is 1.89 bits per heavy atom. The van der Waals surface area contributed by atoms with Crippen LogP contribution in [0.15, 0.2) is 59.0 Å². The Labute approximate surface area is 218 Å². The molecule has 2 N–H and O–H groups in total. The number of thiocarbonyl (C=S) groups is 1. The number of fused-ring (bicyclic) bond motifs is 1. The van der Waals surface area contributed by atoms with Gasteiger partial charge in [-0.1, -0.05) is 43.1 Å². The summed E-state index contributed by atoms with van der Waals surface area (Å²) in [6, 6.07) is 16.5. The molecule has 0 saturated carbocycles. The minimum Gasteiger partial charge on any atom is -0.494 e. The van der Waals surface area contributed by atoms with Crippen LogP contribution in [0.2, 0.25) is 10.0 Å². The van der Waals surface area contributed by atoms with Crippen LogP contribution in [0.1, 0.15) is 42.1 Å². The molecule has 4 aromatic rings. The molecule has 0 unspecified atom stereocenters. The number of rotatable bonds is 6. The van der Waals surface area contributed by atoms with Crippen molar-refractivity contribution >= 4 is 63.2 Å². The summed E-state index contributed by atoms with van der Waals surface area (Å²) in [6.45, 7) is 4.36. The number of benzene rings is 3. The van der Waals surface area contributed by atoms with Crippen molar-refractivity contribution in [2.75, 3.05) is 12.4 Å². The Kier molecular flexibility index (Phi) is 7.60. The third-order valence-corrected chi connectivity index (χ3v) is 6.37. The van der Waals surface area contributed by atoms with Gasteiger partial charge in [-0.15, -0.1) is 0 Å². The predicted molar refractivity (Wildman–Crippen MR) is 145 cm³/mol. The highest BCUT2D eigenvalue weighted by Gasteiger charge is 2.18. The van der Waals surface area contributed by atoms with Crippen molar-refractivity contribution in [3.63, 3.8) is 0 Å². The second kappa shape index (κ2) is 10.6. The van der Waals surface area contributed by atoms with Gasteiger partial charge in [0.1, 0.15) is 11.3 Å². The van der Waals surface area contributed by atoms with Crippen LogP contribution in [0.4, 0.5) is 5.69 Å². The molecule has 1 aromatic heterocycles. The van der Waals surface area contributed by atoms with Gasteiger partial charge in [0.25, 0.3) is 5.91 Å². The van der Waals surface area contributed by atoms with E-state index in [0.717, 1.165) is 23.1 Å². The molecule has 0 aliphatic rings. The van der Waals surface area contributed by atoms with Gasteiger partial charge in [-0.05, 0) is 78.7 Å². The minimum absolute atomic E-state index is 0.111. The fourth-order valence-electron chi connectivity index (χ4n) is 3.58. The molecule has 6 nitrogen and oxygen atoms in total. The standard InChI is InChI=1S/C26H23Cl2N3O3S/c1-4-14(2)16-7-10-22-21(11-16)30-25(34-22)15-5-8-18(9-6-15)29-26(35)31-24(32)19-12-17(27)13-20(28)23(19)33-3/h5-14H,4H2,1-3H3,(H2,29,31,32,35)/t14-/m1/s1. The Morgan fingerprint density at radius 1 is 1.14 bits per heavy atom. The second-order valence-corrected chi connectivity index (χ2v) is 9.26. The van der Waals surface area contributed by atoms with E-state index in [2.05, 4.69) is 41.6 Å². The maximum Gasteiger partial charge on any atom is 0.261 e. The van der Waals surface area contributed by atoms with Crippen LogP contribution in [0.3, 0.4) is 0 Å². The lowest BCUT2D eigenvalue weighted by Crippen LogP contribution is -2.34. The van der Waals surface area contributed by atoms with Crippen LogP contribution in [0, 0.1) is 0 Å². The topological polar surface area (TPSA) is 76.4 Å². The predicted octanol–water partition coefficient (Wildman–Crippen LogP) is 7.45. The van der Waals surface area contributed by atoms with Crippen molar-refractivity contribution in [1.29, 1.82) is 0 Å². The molecule has 0 radical (unpaired) electrons. The summed E-state index contributed by atoms with van der Waals surface area (Å²) in [5, 5.41) is 6.25. The molecule has 0 aliphatic carbocycles. The molecule has 1 heterocycles. The number of methoxy groups -OCH3 is 1. The zero-order valence-electron chi connectivity index (χ0n) is 19.3. The molecular weight excluding hydrogens is 505 g/mol. The number of nitrogens with one attached hydrogen (secondary N) is 2. The minimum atomic E-state index is -0.497. The molecule has 0 spiro atoms. The van der Waals surface area contributed by atoms with Crippen molar-refractivity contribution in [3.8, 4) is 17.2 Å². The fourth-order valence-corrected chi connectivity index (χ4v) is 4.36. The Hall–Kier alpha value is -3.13. The summed E-state index contributed by atoms with van der Waals surface area (Å²) in [4.78, 5) is 17.3. The summed E-state index contributed by atoms with van der Waals surface area (Å²) in [6.07, 6.45) is 1.06. The molecule has 0 saturated heterocycles. The van der Waals surface area contributed by atoms with Gasteiger partial charge < -0.3 is 14.5 Å². The SMILES string of the molecule is CC[C@@H](C)c1ccc2oc(-c3ccc(NC(=S)NC(=O)c4cc(Cl)cc(Cl)c4OC)cc3)nc2c1. The number of carbonyl (C=O) groups excluding carboxylic acids is 1. The zero-order chi connectivity index (χ0) is 25.1. The van der Waals surface area contributed by atoms with Crippen molar-refractivity contribution in [2.24, 2.45) is 0 Å². The van der Waals surface area contributed by atoms with Crippen molar-refractivity contribution in [1.82, 2.24) is 10.3 Å². The highest BCUT2D eigenvalue weighted by atomic mass is 35.5. The summed E-state index contributed by atoms with van der Waals surface area (Å²) in [5.41, 5.74) is 4.51. The number of halogens is 2. The lowest BCUT2D eigenvalue weighted by atomic mass is 9.98. The first-order valence-corrected chi connectivity index (χ1v) is 12.1. The van der Waals surface area contributed by atoms with E-state index in [1.165, 1.54) is 24.8 Å². The molecule has 180 valence electrons. The molecule has 0 aliphatic heterocycles. The van der Waals surface area contributed by atoms with Crippen molar-refractivity contribution in [3.05, 3.63) is 75.8 Å². The van der Waals surface area contributed by atoms with E-state index in [-0.39, 0.29) is 21.4 Å². The molecule has 4 rings (SSSR count). The summed E-state index contributed by atoms with van der Waals surface area (Å²) >= 11 is 17.4. The molecule has 35 heavy (non-hydrogen) atoms. The van der Waals surface area contributed by atoms with Crippen LogP contribution in [-0.4, -0.2) is 23.1 Å². The average Bonchev–Trinajstić information content (AvgIpc) is 3.27. The van der Waals surface area contributed by atoms with E-state index in [0.29, 0.717) is 22.5 Å². The number of carbonyl (C=O) groups is 1. The molecule has 3 aromatic carbocycles. The smallest absolute Gasteiger partial charge is 0.261 e. The monoisotopic (exact) mass is 527 g/mol. The fraction of sp³-hybridized carbons (Fsp3) is 0.192. The number of anilines is 1. The Balaban J connectivity index is 1.45. The van der Waals surface area contributed by atoms with Crippen molar-refractivity contribution in [2.45, 2.75) is 26.2 Å². The Bertz CT molecular complexity index is 1400. The normalized spacial score (nSPS) is 11.8. The van der Waals surface area contributed by atoms with Gasteiger partial charge in [0.05, 0.1) is 17.7 Å². The largest absolute Gasteiger partial charge is 0.494 e. The summed E-state index contributed by atoms with van der Waals surface area (Å²) in [5.74, 6) is 0.721. The quantitative estimate of drug-likeness (QED) is 0.253. The first kappa shape index (κ1) is 25.0. The van der Waals surface area contributed by atoms with Crippen LogP contribution in [-0.2, 0) is 0 Å². The van der Waals surface area contributed by atoms with Crippen LogP contribution in [0.5, 0.6) is 5.75 Å². The van der Waals surface area contributed by atoms with Gasteiger partial charge in [0.15, 0.2) is 10.7 Å². The molecule has 0 bridgehead atoms. The highest BCUT2D eigenvalue weighted by molar-refractivity contribution is 7.80. The lowest BCUT2D eigenvalue weighted by molar-refractivity contribution is 0.0974. The Morgan fingerprint density at radius 3 is 2.57 bits per heavy atom. The second-order valence-electron chi connectivity index (χ2n) is 8.01. The third kappa shape index (κ3) is 5.59. The number of ether oxygens (including phenoxy) is 1. The van der Waals surface area contributed by atoms with Gasteiger partial charge in [-0.3, -0.25) is 10.1 Å². The van der Waals surface area contributed by atoms with Gasteiger partial charge in [-0.2, -0.15) is 0 Å².